The summed E-state index contributed by atoms with van der Waals surface area (Å²) in [5.41, 5.74) is 0.169. The third-order valence-corrected chi connectivity index (χ3v) is 9.64. The van der Waals surface area contributed by atoms with Gasteiger partial charge in [-0.25, -0.2) is 4.79 Å². The lowest BCUT2D eigenvalue weighted by atomic mass is 9.48. The van der Waals surface area contributed by atoms with E-state index in [1.807, 2.05) is 6.07 Å². The molecule has 5 N–H and O–H groups in total. The second-order valence-corrected chi connectivity index (χ2v) is 12.1. The first-order chi connectivity index (χ1) is 20.2. The molecule has 2 aliphatic heterocycles. The summed E-state index contributed by atoms with van der Waals surface area (Å²) < 4.78 is 11.1. The summed E-state index contributed by atoms with van der Waals surface area (Å²) in [5.74, 6) is -1.17. The van der Waals surface area contributed by atoms with Gasteiger partial charge in [0.1, 0.15) is 6.10 Å². The number of ether oxygens (including phenoxy) is 2. The molecule has 0 radical (unpaired) electrons. The van der Waals surface area contributed by atoms with Gasteiger partial charge in [-0.05, 0) is 69.5 Å². The Bertz CT molecular complexity index is 1330. The number of phenolic OH excluding ortho intramolecular Hbond substituents is 1. The van der Waals surface area contributed by atoms with Crippen LogP contribution in [-0.2, 0) is 35.8 Å². The number of phenols is 1. The van der Waals surface area contributed by atoms with E-state index in [4.69, 9.17) is 9.47 Å². The van der Waals surface area contributed by atoms with Gasteiger partial charge in [-0.3, -0.25) is 19.3 Å². The van der Waals surface area contributed by atoms with Crippen LogP contribution in [0.15, 0.2) is 24.3 Å². The number of amides is 3. The van der Waals surface area contributed by atoms with Gasteiger partial charge in [0.25, 0.3) is 0 Å². The summed E-state index contributed by atoms with van der Waals surface area (Å²) in [5, 5.41) is 31.1. The van der Waals surface area contributed by atoms with Crippen LogP contribution < -0.4 is 20.7 Å². The number of esters is 1. The van der Waals surface area contributed by atoms with Crippen LogP contribution in [0.5, 0.6) is 11.5 Å². The van der Waals surface area contributed by atoms with Crippen LogP contribution in [0.25, 0.3) is 0 Å². The van der Waals surface area contributed by atoms with E-state index >= 15 is 0 Å². The molecule has 0 aromatic heterocycles. The van der Waals surface area contributed by atoms with Gasteiger partial charge in [0, 0.05) is 30.3 Å². The number of likely N-dealkylation sites (tertiary alicyclic amines) is 1. The number of nitrogens with zero attached hydrogens (tertiary/aromatic N) is 1. The van der Waals surface area contributed by atoms with E-state index < -0.39 is 46.9 Å². The van der Waals surface area contributed by atoms with Crippen molar-refractivity contribution in [2.45, 2.75) is 74.7 Å². The van der Waals surface area contributed by atoms with Crippen molar-refractivity contribution < 1.29 is 38.9 Å². The maximum Gasteiger partial charge on any atom is 0.330 e. The maximum atomic E-state index is 13.0. The van der Waals surface area contributed by atoms with Crippen molar-refractivity contribution in [3.8, 4) is 11.5 Å². The summed E-state index contributed by atoms with van der Waals surface area (Å²) in [4.78, 5) is 50.7. The molecule has 3 aliphatic carbocycles. The average molecular weight is 583 g/mol. The largest absolute Gasteiger partial charge is 0.504 e. The predicted octanol–water partition coefficient (Wildman–Crippen LogP) is -0.207. The van der Waals surface area contributed by atoms with E-state index in [1.54, 1.807) is 13.0 Å². The monoisotopic (exact) mass is 582 g/mol. The minimum atomic E-state index is -1.05. The average Bonchev–Trinajstić information content (AvgIpc) is 3.70. The van der Waals surface area contributed by atoms with Crippen molar-refractivity contribution >= 4 is 23.7 Å². The number of benzene rings is 1. The molecule has 226 valence electrons. The van der Waals surface area contributed by atoms with Crippen LogP contribution in [0.1, 0.15) is 50.2 Å². The molecular weight excluding hydrogens is 544 g/mol. The molecule has 2 unspecified atom stereocenters. The fourth-order valence-electron chi connectivity index (χ4n) is 7.69. The van der Waals surface area contributed by atoms with Gasteiger partial charge >= 0.3 is 5.97 Å². The smallest absolute Gasteiger partial charge is 0.330 e. The molecule has 1 saturated heterocycles. The SMILES string of the molecule is CCOC(=O)/C=C/C(=O)NCC(=O)NCC(=O)N[C@@H]1CC[C@@]2(O)C3Cc4ccc(O)c5c4C2(CCN3CC2CC2)[C@H]1O5. The van der Waals surface area contributed by atoms with Crippen LogP contribution in [0.3, 0.4) is 0 Å². The Labute approximate surface area is 243 Å². The molecular formula is C30H38N4O8. The van der Waals surface area contributed by atoms with Crippen molar-refractivity contribution in [3.63, 3.8) is 0 Å². The Morgan fingerprint density at radius 2 is 1.88 bits per heavy atom. The van der Waals surface area contributed by atoms with E-state index in [0.717, 1.165) is 36.4 Å². The maximum absolute atomic E-state index is 13.0. The molecule has 12 heteroatoms. The van der Waals surface area contributed by atoms with Crippen LogP contribution in [0.4, 0.5) is 0 Å². The van der Waals surface area contributed by atoms with Crippen LogP contribution in [0, 0.1) is 5.92 Å². The number of rotatable bonds is 10. The van der Waals surface area contributed by atoms with E-state index in [0.29, 0.717) is 37.4 Å². The van der Waals surface area contributed by atoms with Gasteiger partial charge in [0.05, 0.1) is 36.8 Å². The van der Waals surface area contributed by atoms with Gasteiger partial charge in [0.15, 0.2) is 11.5 Å². The van der Waals surface area contributed by atoms with Crippen molar-refractivity contribution in [3.05, 3.63) is 35.4 Å². The van der Waals surface area contributed by atoms with Crippen LogP contribution >= 0.6 is 0 Å². The normalized spacial score (nSPS) is 30.7. The highest BCUT2D eigenvalue weighted by molar-refractivity contribution is 5.96. The van der Waals surface area contributed by atoms with E-state index in [9.17, 15) is 29.4 Å². The molecule has 3 fully saturated rings. The van der Waals surface area contributed by atoms with E-state index in [1.165, 1.54) is 12.8 Å². The van der Waals surface area contributed by atoms with Crippen molar-refractivity contribution in [2.75, 3.05) is 32.8 Å². The third-order valence-electron chi connectivity index (χ3n) is 9.64. The fraction of sp³-hybridized carbons (Fsp3) is 0.600. The number of aliphatic hydroxyl groups is 1. The quantitative estimate of drug-likeness (QED) is 0.185. The highest BCUT2D eigenvalue weighted by Gasteiger charge is 2.73. The summed E-state index contributed by atoms with van der Waals surface area (Å²) in [6, 6.07) is 3.11. The molecule has 42 heavy (non-hydrogen) atoms. The first-order valence-corrected chi connectivity index (χ1v) is 14.8. The molecule has 5 atom stereocenters. The van der Waals surface area contributed by atoms with E-state index in [-0.39, 0.29) is 31.5 Å². The second-order valence-electron chi connectivity index (χ2n) is 12.1. The van der Waals surface area contributed by atoms with Crippen molar-refractivity contribution in [2.24, 2.45) is 5.92 Å². The summed E-state index contributed by atoms with van der Waals surface area (Å²) >= 11 is 0. The summed E-state index contributed by atoms with van der Waals surface area (Å²) in [6.45, 7) is 2.94. The van der Waals surface area contributed by atoms with Crippen molar-refractivity contribution in [1.82, 2.24) is 20.9 Å². The first kappa shape index (κ1) is 28.5. The first-order valence-electron chi connectivity index (χ1n) is 14.8. The number of nitrogens with one attached hydrogen (secondary N) is 3. The molecule has 12 nitrogen and oxygen atoms in total. The molecule has 2 saturated carbocycles. The summed E-state index contributed by atoms with van der Waals surface area (Å²) in [6.07, 6.45) is 6.17. The van der Waals surface area contributed by atoms with Gasteiger partial charge < -0.3 is 35.6 Å². The molecule has 1 aromatic rings. The second kappa shape index (κ2) is 10.9. The third kappa shape index (κ3) is 4.80. The Morgan fingerprint density at radius 1 is 1.10 bits per heavy atom. The topological polar surface area (TPSA) is 167 Å². The van der Waals surface area contributed by atoms with Crippen LogP contribution in [-0.4, -0.2) is 95.4 Å². The molecule has 2 heterocycles. The minimum Gasteiger partial charge on any atom is -0.504 e. The number of hydrogen-bond donors (Lipinski definition) is 5. The Kier molecular flexibility index (Phi) is 7.38. The Hall–Kier alpha value is -3.64. The number of piperidine rings is 1. The molecule has 3 amide bonds. The number of hydrogen-bond acceptors (Lipinski definition) is 9. The lowest BCUT2D eigenvalue weighted by Crippen LogP contribution is -2.78. The van der Waals surface area contributed by atoms with Crippen molar-refractivity contribution in [1.29, 1.82) is 0 Å². The number of carbonyl (C=O) groups excluding carboxylic acids is 4. The van der Waals surface area contributed by atoms with E-state index in [2.05, 4.69) is 20.9 Å². The zero-order valence-electron chi connectivity index (χ0n) is 23.7. The standard InChI is InChI=1S/C30H38N4O8/c1-2-41-25(39)8-7-22(36)31-14-23(37)32-15-24(38)33-19-9-10-30(40)21-13-18-5-6-20(35)27-26(18)29(30,28(19)42-27)11-12-34(21)16-17-3-4-17/h5-8,17,19,21,28,35,40H,2-4,9-16H2,1H3,(H,31,36)(H,32,37)(H,33,38)/b8-7+/t19-,21?,28+,29?,30-/m1/s1. The Morgan fingerprint density at radius 3 is 2.64 bits per heavy atom. The zero-order valence-corrected chi connectivity index (χ0v) is 23.7. The molecule has 1 spiro atoms. The van der Waals surface area contributed by atoms with Crippen LogP contribution in [0.2, 0.25) is 0 Å². The minimum absolute atomic E-state index is 0.0372. The molecule has 5 aliphatic rings. The molecule has 2 bridgehead atoms. The highest BCUT2D eigenvalue weighted by atomic mass is 16.5. The van der Waals surface area contributed by atoms with Gasteiger partial charge in [-0.2, -0.15) is 0 Å². The molecule has 1 aromatic carbocycles. The molecule has 6 rings (SSSR count). The fourth-order valence-corrected chi connectivity index (χ4v) is 7.69. The van der Waals surface area contributed by atoms with Gasteiger partial charge in [-0.1, -0.05) is 6.07 Å². The lowest BCUT2D eigenvalue weighted by Gasteiger charge is -2.64. The zero-order chi connectivity index (χ0) is 29.6. The Balaban J connectivity index is 1.11. The highest BCUT2D eigenvalue weighted by Crippen LogP contribution is 2.65. The summed E-state index contributed by atoms with van der Waals surface area (Å²) in [7, 11) is 0. The lowest BCUT2D eigenvalue weighted by molar-refractivity contribution is -0.192. The van der Waals surface area contributed by atoms with Gasteiger partial charge in [0.2, 0.25) is 17.7 Å². The number of aromatic hydroxyl groups is 1. The number of carbonyl (C=O) groups is 4. The predicted molar refractivity (Wildman–Crippen MR) is 149 cm³/mol. The van der Waals surface area contributed by atoms with Gasteiger partial charge in [-0.15, -0.1) is 0 Å².